The third-order valence-electron chi connectivity index (χ3n) is 7.00. The molecule has 234 valence electrons. The first-order valence-electron chi connectivity index (χ1n) is 13.2. The zero-order valence-electron chi connectivity index (χ0n) is 23.4. The van der Waals surface area contributed by atoms with Gasteiger partial charge in [0.2, 0.25) is 0 Å². The second-order valence-electron chi connectivity index (χ2n) is 10.0. The lowest BCUT2D eigenvalue weighted by atomic mass is 9.87. The Hall–Kier alpha value is -3.42. The summed E-state index contributed by atoms with van der Waals surface area (Å²) in [5, 5.41) is 10.0. The van der Waals surface area contributed by atoms with Crippen molar-refractivity contribution in [1.82, 2.24) is 0 Å². The Bertz CT molecular complexity index is 1580. The van der Waals surface area contributed by atoms with Gasteiger partial charge in [0.15, 0.2) is 0 Å². The molecule has 0 aliphatic carbocycles. The SMILES string of the molecule is CCCc1cc(C(O)(C(F)(F)F)C(F)(F)F)cc(CC)c1Oc1ccc(-c2cc(S(=O)(=O)O)ccc2CCC=O)c(C)c1. The Morgan fingerprint density at radius 1 is 0.837 bits per heavy atom. The Morgan fingerprint density at radius 3 is 1.98 bits per heavy atom. The van der Waals surface area contributed by atoms with Crippen molar-refractivity contribution in [1.29, 1.82) is 0 Å². The van der Waals surface area contributed by atoms with Gasteiger partial charge in [0.1, 0.15) is 17.8 Å². The predicted octanol–water partition coefficient (Wildman–Crippen LogP) is 7.66. The van der Waals surface area contributed by atoms with Crippen molar-refractivity contribution in [3.63, 3.8) is 0 Å². The van der Waals surface area contributed by atoms with Gasteiger partial charge in [0, 0.05) is 12.0 Å². The molecule has 3 aromatic carbocycles. The van der Waals surface area contributed by atoms with E-state index in [2.05, 4.69) is 0 Å². The number of ether oxygens (including phenoxy) is 1. The number of aliphatic hydroxyl groups is 1. The van der Waals surface area contributed by atoms with E-state index in [0.717, 1.165) is 0 Å². The van der Waals surface area contributed by atoms with Gasteiger partial charge in [-0.1, -0.05) is 32.4 Å². The molecule has 0 unspecified atom stereocenters. The fourth-order valence-corrected chi connectivity index (χ4v) is 5.33. The summed E-state index contributed by atoms with van der Waals surface area (Å²) in [5.74, 6) is 0.260. The molecule has 0 atom stereocenters. The molecule has 3 rings (SSSR count). The van der Waals surface area contributed by atoms with E-state index >= 15 is 0 Å². The highest BCUT2D eigenvalue weighted by Gasteiger charge is 2.71. The summed E-state index contributed by atoms with van der Waals surface area (Å²) in [7, 11) is -4.54. The molecule has 6 nitrogen and oxygen atoms in total. The minimum Gasteiger partial charge on any atom is -0.457 e. The number of halogens is 6. The average molecular weight is 633 g/mol. The van der Waals surface area contributed by atoms with E-state index in [0.29, 0.717) is 47.1 Å². The summed E-state index contributed by atoms with van der Waals surface area (Å²) in [4.78, 5) is 10.6. The monoisotopic (exact) mass is 632 g/mol. The summed E-state index contributed by atoms with van der Waals surface area (Å²) in [5.41, 5.74) is -4.20. The van der Waals surface area contributed by atoms with Crippen LogP contribution >= 0.6 is 0 Å². The molecule has 0 spiro atoms. The number of carbonyl (C=O) groups excluding carboxylic acids is 1. The van der Waals surface area contributed by atoms with Gasteiger partial charge in [0.25, 0.3) is 15.7 Å². The zero-order chi connectivity index (χ0) is 32.4. The van der Waals surface area contributed by atoms with Crippen LogP contribution in [0.4, 0.5) is 26.3 Å². The maximum Gasteiger partial charge on any atom is 0.430 e. The molecule has 0 saturated carbocycles. The van der Waals surface area contributed by atoms with Gasteiger partial charge in [-0.2, -0.15) is 34.8 Å². The maximum absolute atomic E-state index is 13.6. The first kappa shape index (κ1) is 34.1. The van der Waals surface area contributed by atoms with Crippen LogP contribution in [0.1, 0.15) is 54.5 Å². The average Bonchev–Trinajstić information content (AvgIpc) is 2.90. The second-order valence-corrected chi connectivity index (χ2v) is 11.4. The van der Waals surface area contributed by atoms with Gasteiger partial charge in [-0.25, -0.2) is 0 Å². The maximum atomic E-state index is 13.6. The third-order valence-corrected chi connectivity index (χ3v) is 7.85. The highest BCUT2D eigenvalue weighted by Crippen LogP contribution is 2.51. The number of carbonyl (C=O) groups is 1. The van der Waals surface area contributed by atoms with Crippen LogP contribution in [-0.2, 0) is 39.8 Å². The van der Waals surface area contributed by atoms with Crippen LogP contribution in [0.2, 0.25) is 0 Å². The number of aldehydes is 1. The second kappa shape index (κ2) is 12.7. The van der Waals surface area contributed by atoms with Crippen LogP contribution in [0.5, 0.6) is 11.5 Å². The van der Waals surface area contributed by atoms with Crippen molar-refractivity contribution in [2.24, 2.45) is 0 Å². The molecule has 0 radical (unpaired) electrons. The molecule has 0 amide bonds. The molecule has 0 saturated heterocycles. The van der Waals surface area contributed by atoms with E-state index in [9.17, 15) is 49.2 Å². The topological polar surface area (TPSA) is 101 Å². The normalized spacial score (nSPS) is 12.8. The lowest BCUT2D eigenvalue weighted by Gasteiger charge is -2.33. The van der Waals surface area contributed by atoms with Crippen LogP contribution in [0.15, 0.2) is 53.4 Å². The molecule has 3 aromatic rings. The van der Waals surface area contributed by atoms with E-state index in [-0.39, 0.29) is 53.2 Å². The first-order valence-corrected chi connectivity index (χ1v) is 14.7. The van der Waals surface area contributed by atoms with Crippen LogP contribution < -0.4 is 4.74 Å². The Morgan fingerprint density at radius 2 is 1.47 bits per heavy atom. The highest BCUT2D eigenvalue weighted by molar-refractivity contribution is 7.85. The van der Waals surface area contributed by atoms with Gasteiger partial charge in [0.05, 0.1) is 4.90 Å². The lowest BCUT2D eigenvalue weighted by Crippen LogP contribution is -2.54. The lowest BCUT2D eigenvalue weighted by molar-refractivity contribution is -0.376. The summed E-state index contributed by atoms with van der Waals surface area (Å²) in [6.07, 6.45) is -10.5. The molecule has 0 fully saturated rings. The largest absolute Gasteiger partial charge is 0.457 e. The van der Waals surface area contributed by atoms with E-state index < -0.39 is 33.6 Å². The smallest absolute Gasteiger partial charge is 0.430 e. The summed E-state index contributed by atoms with van der Waals surface area (Å²) in [6, 6.07) is 9.94. The van der Waals surface area contributed by atoms with Gasteiger partial charge in [-0.15, -0.1) is 0 Å². The van der Waals surface area contributed by atoms with E-state index in [1.165, 1.54) is 31.2 Å². The molecule has 0 heterocycles. The van der Waals surface area contributed by atoms with Crippen molar-refractivity contribution >= 4 is 16.4 Å². The van der Waals surface area contributed by atoms with Crippen LogP contribution in [-0.4, -0.2) is 36.7 Å². The molecular formula is C30H30F6O6S. The quantitative estimate of drug-likeness (QED) is 0.128. The Kier molecular flexibility index (Phi) is 10.0. The van der Waals surface area contributed by atoms with Gasteiger partial charge < -0.3 is 14.6 Å². The van der Waals surface area contributed by atoms with Crippen molar-refractivity contribution in [2.75, 3.05) is 0 Å². The van der Waals surface area contributed by atoms with Crippen molar-refractivity contribution in [3.8, 4) is 22.6 Å². The zero-order valence-corrected chi connectivity index (χ0v) is 24.3. The van der Waals surface area contributed by atoms with Crippen LogP contribution in [0.25, 0.3) is 11.1 Å². The van der Waals surface area contributed by atoms with Crippen molar-refractivity contribution in [3.05, 3.63) is 76.3 Å². The molecule has 13 heteroatoms. The molecule has 0 aliphatic rings. The predicted molar refractivity (Wildman–Crippen MR) is 147 cm³/mol. The molecular weight excluding hydrogens is 602 g/mol. The molecule has 0 bridgehead atoms. The molecule has 0 aromatic heterocycles. The number of benzene rings is 3. The third kappa shape index (κ3) is 7.05. The van der Waals surface area contributed by atoms with Gasteiger partial charge in [-0.05, 0) is 96.0 Å². The fraction of sp³-hybridized carbons (Fsp3) is 0.367. The minimum absolute atomic E-state index is 0.00867. The number of hydrogen-bond acceptors (Lipinski definition) is 5. The number of aryl methyl sites for hydroxylation is 4. The highest BCUT2D eigenvalue weighted by atomic mass is 32.2. The van der Waals surface area contributed by atoms with Gasteiger partial charge in [-0.3, -0.25) is 4.55 Å². The van der Waals surface area contributed by atoms with Crippen molar-refractivity contribution < 1.29 is 54.0 Å². The molecule has 43 heavy (non-hydrogen) atoms. The summed E-state index contributed by atoms with van der Waals surface area (Å²) >= 11 is 0. The van der Waals surface area contributed by atoms with E-state index in [1.807, 2.05) is 0 Å². The van der Waals surface area contributed by atoms with Crippen LogP contribution in [0.3, 0.4) is 0 Å². The van der Waals surface area contributed by atoms with Crippen LogP contribution in [0, 0.1) is 6.92 Å². The summed E-state index contributed by atoms with van der Waals surface area (Å²) in [6.45, 7) is 4.89. The van der Waals surface area contributed by atoms with Crippen molar-refractivity contribution in [2.45, 2.75) is 75.7 Å². The number of hydrogen-bond donors (Lipinski definition) is 2. The van der Waals surface area contributed by atoms with Gasteiger partial charge >= 0.3 is 12.4 Å². The minimum atomic E-state index is -6.04. The number of rotatable bonds is 11. The van der Waals surface area contributed by atoms with E-state index in [1.54, 1.807) is 26.0 Å². The first-order chi connectivity index (χ1) is 19.9. The Balaban J connectivity index is 2.14. The standard InChI is InChI=1S/C30H30F6O6S/c1-4-7-21-16-22(28(38,29(31,32)33)30(34,35)36)15-19(5-2)27(21)42-23-10-12-25(18(3)14-23)26-17-24(43(39,40)41)11-9-20(26)8-6-13-37/h9-17,38H,4-8H2,1-3H3,(H,39,40,41). The number of alkyl halides is 6. The Labute approximate surface area is 245 Å². The summed E-state index contributed by atoms with van der Waals surface area (Å²) < 4.78 is 121. The molecule has 2 N–H and O–H groups in total. The fourth-order valence-electron chi connectivity index (χ4n) is 4.82. The molecule has 0 aliphatic heterocycles. The van der Waals surface area contributed by atoms with E-state index in [4.69, 9.17) is 4.74 Å².